The number of piperidine rings is 1. The van der Waals surface area contributed by atoms with Crippen molar-refractivity contribution in [3.05, 3.63) is 0 Å². The summed E-state index contributed by atoms with van der Waals surface area (Å²) in [6.45, 7) is 5.38. The van der Waals surface area contributed by atoms with E-state index in [-0.39, 0.29) is 6.04 Å². The molecule has 0 aromatic carbocycles. The molecule has 0 bridgehead atoms. The molecule has 1 fully saturated rings. The van der Waals surface area contributed by atoms with Crippen molar-refractivity contribution in [3.63, 3.8) is 0 Å². The number of alkyl halides is 1. The van der Waals surface area contributed by atoms with Crippen LogP contribution in [0.25, 0.3) is 0 Å². The molecule has 1 aliphatic rings. The fourth-order valence-corrected chi connectivity index (χ4v) is 4.35. The van der Waals surface area contributed by atoms with Crippen LogP contribution in [-0.4, -0.2) is 37.2 Å². The van der Waals surface area contributed by atoms with Crippen molar-refractivity contribution in [1.82, 2.24) is 9.03 Å². The molecule has 2 unspecified atom stereocenters. The van der Waals surface area contributed by atoms with Crippen LogP contribution >= 0.6 is 15.9 Å². The van der Waals surface area contributed by atoms with Gasteiger partial charge in [-0.3, -0.25) is 0 Å². The Morgan fingerprint density at radius 3 is 2.75 bits per heavy atom. The standard InChI is InChI=1S/C10H21BrN2O2S/c1-3-10(7-11)12-16(14,15)13-6-4-5-9(2)8-13/h9-10,12H,3-8H2,1-2H3. The Balaban J connectivity index is 2.62. The fraction of sp³-hybridized carbons (Fsp3) is 1.00. The summed E-state index contributed by atoms with van der Waals surface area (Å²) in [5.41, 5.74) is 0. The zero-order valence-electron chi connectivity index (χ0n) is 9.95. The van der Waals surface area contributed by atoms with E-state index in [9.17, 15) is 8.42 Å². The first-order valence-electron chi connectivity index (χ1n) is 5.83. The van der Waals surface area contributed by atoms with E-state index in [0.29, 0.717) is 24.3 Å². The first kappa shape index (κ1) is 14.4. The molecular weight excluding hydrogens is 292 g/mol. The van der Waals surface area contributed by atoms with Gasteiger partial charge in [-0.2, -0.15) is 17.4 Å². The molecule has 0 amide bonds. The lowest BCUT2D eigenvalue weighted by molar-refractivity contribution is 0.277. The van der Waals surface area contributed by atoms with Crippen molar-refractivity contribution >= 4 is 26.1 Å². The van der Waals surface area contributed by atoms with Gasteiger partial charge in [0.2, 0.25) is 0 Å². The third-order valence-corrected chi connectivity index (χ3v) is 5.38. The van der Waals surface area contributed by atoms with E-state index < -0.39 is 10.2 Å². The van der Waals surface area contributed by atoms with Crippen LogP contribution in [-0.2, 0) is 10.2 Å². The van der Waals surface area contributed by atoms with Gasteiger partial charge < -0.3 is 0 Å². The first-order valence-corrected chi connectivity index (χ1v) is 8.39. The van der Waals surface area contributed by atoms with Crippen LogP contribution in [0.3, 0.4) is 0 Å². The topological polar surface area (TPSA) is 49.4 Å². The molecule has 4 nitrogen and oxygen atoms in total. The lowest BCUT2D eigenvalue weighted by Crippen LogP contribution is -2.49. The van der Waals surface area contributed by atoms with E-state index in [2.05, 4.69) is 27.6 Å². The average molecular weight is 313 g/mol. The monoisotopic (exact) mass is 312 g/mol. The molecule has 16 heavy (non-hydrogen) atoms. The minimum Gasteiger partial charge on any atom is -0.198 e. The zero-order chi connectivity index (χ0) is 12.2. The molecule has 1 rings (SSSR count). The lowest BCUT2D eigenvalue weighted by atomic mass is 10.0. The van der Waals surface area contributed by atoms with Gasteiger partial charge in [-0.15, -0.1) is 0 Å². The molecule has 1 heterocycles. The molecule has 96 valence electrons. The smallest absolute Gasteiger partial charge is 0.198 e. The predicted octanol–water partition coefficient (Wildman–Crippen LogP) is 1.73. The first-order chi connectivity index (χ1) is 7.49. The van der Waals surface area contributed by atoms with Crippen molar-refractivity contribution in [3.8, 4) is 0 Å². The largest absolute Gasteiger partial charge is 0.279 e. The number of halogens is 1. The summed E-state index contributed by atoms with van der Waals surface area (Å²) in [5, 5.41) is 0.659. The minimum absolute atomic E-state index is 0.0118. The number of hydrogen-bond donors (Lipinski definition) is 1. The maximum Gasteiger partial charge on any atom is 0.279 e. The van der Waals surface area contributed by atoms with Gasteiger partial charge >= 0.3 is 0 Å². The summed E-state index contributed by atoms with van der Waals surface area (Å²) >= 11 is 3.32. The molecular formula is C10H21BrN2O2S. The average Bonchev–Trinajstić information content (AvgIpc) is 2.26. The van der Waals surface area contributed by atoms with Gasteiger partial charge in [0.25, 0.3) is 10.2 Å². The second kappa shape index (κ2) is 6.33. The summed E-state index contributed by atoms with van der Waals surface area (Å²) in [6.07, 6.45) is 2.89. The van der Waals surface area contributed by atoms with Gasteiger partial charge in [-0.1, -0.05) is 29.8 Å². The van der Waals surface area contributed by atoms with E-state index in [1.165, 1.54) is 0 Å². The van der Waals surface area contributed by atoms with Crippen molar-refractivity contribution in [2.45, 2.75) is 39.2 Å². The summed E-state index contributed by atoms with van der Waals surface area (Å²) in [6, 6.07) is -0.0118. The second-order valence-corrected chi connectivity index (χ2v) is 6.84. The molecule has 1 saturated heterocycles. The van der Waals surface area contributed by atoms with E-state index in [4.69, 9.17) is 0 Å². The van der Waals surface area contributed by atoms with Gasteiger partial charge in [0.15, 0.2) is 0 Å². The predicted molar refractivity (Wildman–Crippen MR) is 69.9 cm³/mol. The zero-order valence-corrected chi connectivity index (χ0v) is 12.3. The van der Waals surface area contributed by atoms with Crippen LogP contribution in [0.5, 0.6) is 0 Å². The normalized spacial score (nSPS) is 25.6. The van der Waals surface area contributed by atoms with Gasteiger partial charge in [0, 0.05) is 24.5 Å². The molecule has 2 atom stereocenters. The number of rotatable bonds is 5. The number of nitrogens with one attached hydrogen (secondary N) is 1. The van der Waals surface area contributed by atoms with E-state index in [1.54, 1.807) is 4.31 Å². The molecule has 6 heteroatoms. The maximum absolute atomic E-state index is 12.1. The Bertz CT molecular complexity index is 304. The highest BCUT2D eigenvalue weighted by atomic mass is 79.9. The van der Waals surface area contributed by atoms with Gasteiger partial charge in [0.1, 0.15) is 0 Å². The molecule has 0 saturated carbocycles. The number of hydrogen-bond acceptors (Lipinski definition) is 2. The summed E-state index contributed by atoms with van der Waals surface area (Å²) in [7, 11) is -3.29. The minimum atomic E-state index is -3.29. The number of nitrogens with zero attached hydrogens (tertiary/aromatic N) is 1. The molecule has 1 aliphatic heterocycles. The molecule has 0 aromatic heterocycles. The van der Waals surface area contributed by atoms with Crippen molar-refractivity contribution in [1.29, 1.82) is 0 Å². The Morgan fingerprint density at radius 1 is 1.56 bits per heavy atom. The molecule has 0 aliphatic carbocycles. The summed E-state index contributed by atoms with van der Waals surface area (Å²) < 4.78 is 28.4. The lowest BCUT2D eigenvalue weighted by Gasteiger charge is -2.31. The summed E-state index contributed by atoms with van der Waals surface area (Å²) in [4.78, 5) is 0. The van der Waals surface area contributed by atoms with Crippen LogP contribution in [0, 0.1) is 5.92 Å². The Labute approximate surface area is 107 Å². The third kappa shape index (κ3) is 3.98. The molecule has 0 radical (unpaired) electrons. The van der Waals surface area contributed by atoms with E-state index in [1.807, 2.05) is 6.92 Å². The Hall–Kier alpha value is 0.350. The highest BCUT2D eigenvalue weighted by Crippen LogP contribution is 2.18. The molecule has 0 spiro atoms. The van der Waals surface area contributed by atoms with Crippen LogP contribution in [0.15, 0.2) is 0 Å². The quantitative estimate of drug-likeness (QED) is 0.786. The maximum atomic E-state index is 12.1. The van der Waals surface area contributed by atoms with Crippen LogP contribution in [0.2, 0.25) is 0 Å². The van der Waals surface area contributed by atoms with Crippen molar-refractivity contribution in [2.24, 2.45) is 5.92 Å². The molecule has 1 N–H and O–H groups in total. The second-order valence-electron chi connectivity index (χ2n) is 4.49. The highest BCUT2D eigenvalue weighted by Gasteiger charge is 2.28. The van der Waals surface area contributed by atoms with Gasteiger partial charge in [0.05, 0.1) is 0 Å². The van der Waals surface area contributed by atoms with Crippen molar-refractivity contribution in [2.75, 3.05) is 18.4 Å². The Kier molecular flexibility index (Phi) is 5.70. The van der Waals surface area contributed by atoms with Gasteiger partial charge in [-0.25, -0.2) is 0 Å². The van der Waals surface area contributed by atoms with E-state index >= 15 is 0 Å². The third-order valence-electron chi connectivity index (χ3n) is 2.95. The van der Waals surface area contributed by atoms with Crippen LogP contribution in [0.4, 0.5) is 0 Å². The van der Waals surface area contributed by atoms with Crippen LogP contribution < -0.4 is 4.72 Å². The molecule has 0 aromatic rings. The van der Waals surface area contributed by atoms with E-state index in [0.717, 1.165) is 19.3 Å². The van der Waals surface area contributed by atoms with Crippen molar-refractivity contribution < 1.29 is 8.42 Å². The Morgan fingerprint density at radius 2 is 2.25 bits per heavy atom. The van der Waals surface area contributed by atoms with Crippen LogP contribution in [0.1, 0.15) is 33.1 Å². The summed E-state index contributed by atoms with van der Waals surface area (Å²) in [5.74, 6) is 0.467. The fourth-order valence-electron chi connectivity index (χ4n) is 1.87. The SMILES string of the molecule is CCC(CBr)NS(=O)(=O)N1CCCC(C)C1. The highest BCUT2D eigenvalue weighted by molar-refractivity contribution is 9.09. The van der Waals surface area contributed by atoms with Gasteiger partial charge in [-0.05, 0) is 25.2 Å².